The number of nitrogens with one attached hydrogen (secondary N) is 2. The van der Waals surface area contributed by atoms with Gasteiger partial charge in [-0.3, -0.25) is 19.1 Å². The molecule has 0 saturated heterocycles. The second-order valence-corrected chi connectivity index (χ2v) is 6.34. The molecule has 7 nitrogen and oxygen atoms in total. The van der Waals surface area contributed by atoms with E-state index in [4.69, 9.17) is 0 Å². The highest BCUT2D eigenvalue weighted by molar-refractivity contribution is 7.09. The summed E-state index contributed by atoms with van der Waals surface area (Å²) >= 11 is 1.61. The van der Waals surface area contributed by atoms with Crippen LogP contribution in [0.4, 0.5) is 0 Å². The quantitative estimate of drug-likeness (QED) is 0.689. The predicted molar refractivity (Wildman–Crippen MR) is 95.0 cm³/mol. The molecular formula is C17H16N4O3S. The van der Waals surface area contributed by atoms with Crippen molar-refractivity contribution in [2.45, 2.75) is 13.0 Å². The molecule has 0 aliphatic rings. The fourth-order valence-electron chi connectivity index (χ4n) is 2.32. The Hall–Kier alpha value is -3.00. The van der Waals surface area contributed by atoms with Gasteiger partial charge in [-0.1, -0.05) is 12.1 Å². The molecule has 25 heavy (non-hydrogen) atoms. The molecule has 0 spiro atoms. The molecule has 0 unspecified atom stereocenters. The van der Waals surface area contributed by atoms with Gasteiger partial charge in [0.25, 0.3) is 11.5 Å². The predicted octanol–water partition coefficient (Wildman–Crippen LogP) is 1.01. The van der Waals surface area contributed by atoms with Gasteiger partial charge >= 0.3 is 5.69 Å². The van der Waals surface area contributed by atoms with Gasteiger partial charge in [0.15, 0.2) is 0 Å². The molecule has 3 aromatic rings. The van der Waals surface area contributed by atoms with E-state index in [9.17, 15) is 14.4 Å². The number of carbonyl (C=O) groups is 1. The zero-order chi connectivity index (χ0) is 17.6. The number of nitrogens with zero attached hydrogens (tertiary/aromatic N) is 2. The highest BCUT2D eigenvalue weighted by Crippen LogP contribution is 2.08. The fourth-order valence-corrected chi connectivity index (χ4v) is 3.03. The van der Waals surface area contributed by atoms with E-state index in [1.165, 1.54) is 0 Å². The van der Waals surface area contributed by atoms with E-state index >= 15 is 0 Å². The van der Waals surface area contributed by atoms with Crippen LogP contribution in [-0.2, 0) is 13.0 Å². The minimum absolute atomic E-state index is 0.00528. The average molecular weight is 356 g/mol. The first kappa shape index (κ1) is 16.8. The van der Waals surface area contributed by atoms with E-state index in [1.807, 2.05) is 17.5 Å². The zero-order valence-electron chi connectivity index (χ0n) is 13.3. The Morgan fingerprint density at radius 1 is 1.24 bits per heavy atom. The molecule has 1 amide bonds. The third-order valence-corrected chi connectivity index (χ3v) is 4.52. The van der Waals surface area contributed by atoms with Crippen LogP contribution in [-0.4, -0.2) is 27.0 Å². The van der Waals surface area contributed by atoms with Crippen LogP contribution >= 0.6 is 11.3 Å². The number of thiophene rings is 1. The Balaban J connectivity index is 1.75. The lowest BCUT2D eigenvalue weighted by Gasteiger charge is -2.07. The second-order valence-electron chi connectivity index (χ2n) is 5.31. The summed E-state index contributed by atoms with van der Waals surface area (Å²) < 4.78 is 0.969. The van der Waals surface area contributed by atoms with Crippen LogP contribution in [0.2, 0.25) is 0 Å². The Labute approximate surface area is 147 Å². The van der Waals surface area contributed by atoms with Crippen LogP contribution in [0.15, 0.2) is 57.7 Å². The Kier molecular flexibility index (Phi) is 5.20. The summed E-state index contributed by atoms with van der Waals surface area (Å²) in [6.07, 6.45) is 3.42. The minimum Gasteiger partial charge on any atom is -0.351 e. The number of aromatic amines is 1. The lowest BCUT2D eigenvalue weighted by atomic mass is 10.3. The van der Waals surface area contributed by atoms with Crippen LogP contribution in [0.25, 0.3) is 0 Å². The van der Waals surface area contributed by atoms with Gasteiger partial charge in [0.2, 0.25) is 0 Å². The molecule has 0 atom stereocenters. The largest absolute Gasteiger partial charge is 0.351 e. The van der Waals surface area contributed by atoms with E-state index in [1.54, 1.807) is 35.7 Å². The van der Waals surface area contributed by atoms with Crippen LogP contribution in [0.1, 0.15) is 20.9 Å². The lowest BCUT2D eigenvalue weighted by molar-refractivity contribution is 0.0951. The summed E-state index contributed by atoms with van der Waals surface area (Å²) in [5.74, 6) is -0.507. The first-order valence-electron chi connectivity index (χ1n) is 7.68. The SMILES string of the molecule is O=C(NCCc1cccs1)c1c[nH]c(=O)n(Cc2ccccn2)c1=O. The van der Waals surface area contributed by atoms with E-state index in [2.05, 4.69) is 15.3 Å². The average Bonchev–Trinajstić information content (AvgIpc) is 3.13. The molecule has 128 valence electrons. The van der Waals surface area contributed by atoms with Crippen molar-refractivity contribution < 1.29 is 4.79 Å². The van der Waals surface area contributed by atoms with Crippen LogP contribution < -0.4 is 16.6 Å². The van der Waals surface area contributed by atoms with Gasteiger partial charge in [-0.25, -0.2) is 4.79 Å². The van der Waals surface area contributed by atoms with Crippen LogP contribution in [0.5, 0.6) is 0 Å². The molecule has 2 N–H and O–H groups in total. The number of pyridine rings is 1. The van der Waals surface area contributed by atoms with Crippen molar-refractivity contribution in [1.82, 2.24) is 19.9 Å². The van der Waals surface area contributed by atoms with Crippen molar-refractivity contribution in [3.8, 4) is 0 Å². The van der Waals surface area contributed by atoms with Crippen LogP contribution in [0, 0.1) is 0 Å². The van der Waals surface area contributed by atoms with Gasteiger partial charge in [0, 0.05) is 23.8 Å². The second kappa shape index (κ2) is 7.71. The van der Waals surface area contributed by atoms with Crippen molar-refractivity contribution in [3.05, 3.63) is 85.1 Å². The molecule has 3 aromatic heterocycles. The van der Waals surface area contributed by atoms with E-state index < -0.39 is 17.2 Å². The maximum atomic E-state index is 12.5. The summed E-state index contributed by atoms with van der Waals surface area (Å²) in [6, 6.07) is 9.15. The zero-order valence-corrected chi connectivity index (χ0v) is 14.1. The molecule has 0 radical (unpaired) electrons. The number of rotatable bonds is 6. The van der Waals surface area contributed by atoms with E-state index in [0.29, 0.717) is 18.7 Å². The van der Waals surface area contributed by atoms with Crippen molar-refractivity contribution in [2.24, 2.45) is 0 Å². The highest BCUT2D eigenvalue weighted by atomic mass is 32.1. The van der Waals surface area contributed by atoms with Crippen molar-refractivity contribution in [1.29, 1.82) is 0 Å². The van der Waals surface area contributed by atoms with Gasteiger partial charge in [0.1, 0.15) is 5.56 Å². The molecular weight excluding hydrogens is 340 g/mol. The lowest BCUT2D eigenvalue weighted by Crippen LogP contribution is -2.41. The molecule has 3 heterocycles. The maximum Gasteiger partial charge on any atom is 0.328 e. The monoisotopic (exact) mass is 356 g/mol. The summed E-state index contributed by atoms with van der Waals surface area (Å²) in [4.78, 5) is 44.4. The number of aromatic nitrogens is 3. The van der Waals surface area contributed by atoms with Crippen molar-refractivity contribution in [3.63, 3.8) is 0 Å². The Morgan fingerprint density at radius 3 is 2.84 bits per heavy atom. The van der Waals surface area contributed by atoms with Crippen LogP contribution in [0.3, 0.4) is 0 Å². The molecule has 0 aliphatic heterocycles. The van der Waals surface area contributed by atoms with Gasteiger partial charge in [-0.05, 0) is 30.0 Å². The highest BCUT2D eigenvalue weighted by Gasteiger charge is 2.15. The molecule has 0 aliphatic carbocycles. The maximum absolute atomic E-state index is 12.5. The van der Waals surface area contributed by atoms with Crippen molar-refractivity contribution in [2.75, 3.05) is 6.54 Å². The summed E-state index contributed by atoms with van der Waals surface area (Å²) in [5, 5.41) is 4.67. The van der Waals surface area contributed by atoms with Gasteiger partial charge in [-0.15, -0.1) is 11.3 Å². The molecule has 0 bridgehead atoms. The third-order valence-electron chi connectivity index (χ3n) is 3.59. The summed E-state index contributed by atoms with van der Waals surface area (Å²) in [6.45, 7) is 0.420. The first-order valence-corrected chi connectivity index (χ1v) is 8.56. The third kappa shape index (κ3) is 4.10. The smallest absolute Gasteiger partial charge is 0.328 e. The van der Waals surface area contributed by atoms with E-state index in [-0.39, 0.29) is 12.1 Å². The Morgan fingerprint density at radius 2 is 2.12 bits per heavy atom. The number of hydrogen-bond donors (Lipinski definition) is 2. The Bertz CT molecular complexity index is 962. The minimum atomic E-state index is -0.636. The number of H-pyrrole nitrogens is 1. The summed E-state index contributed by atoms with van der Waals surface area (Å²) in [5.41, 5.74) is -0.749. The van der Waals surface area contributed by atoms with Gasteiger partial charge in [0.05, 0.1) is 12.2 Å². The first-order chi connectivity index (χ1) is 12.1. The fraction of sp³-hybridized carbons (Fsp3) is 0.176. The van der Waals surface area contributed by atoms with Crippen molar-refractivity contribution >= 4 is 17.2 Å². The van der Waals surface area contributed by atoms with Gasteiger partial charge < -0.3 is 10.3 Å². The number of carbonyl (C=O) groups excluding carboxylic acids is 1. The normalized spacial score (nSPS) is 10.6. The molecule has 8 heteroatoms. The number of hydrogen-bond acceptors (Lipinski definition) is 5. The summed E-state index contributed by atoms with van der Waals surface area (Å²) in [7, 11) is 0. The molecule has 0 fully saturated rings. The molecule has 0 saturated carbocycles. The number of amides is 1. The standard InChI is InChI=1S/C17H16N4O3S/c22-15(19-8-6-13-5-3-9-25-13)14-10-20-17(24)21(16(14)23)11-12-4-1-2-7-18-12/h1-5,7,9-10H,6,8,11H2,(H,19,22)(H,20,24). The van der Waals surface area contributed by atoms with E-state index in [0.717, 1.165) is 15.6 Å². The molecule has 0 aromatic carbocycles. The van der Waals surface area contributed by atoms with Gasteiger partial charge in [-0.2, -0.15) is 0 Å². The topological polar surface area (TPSA) is 96.8 Å². The molecule has 3 rings (SSSR count).